The molecule has 0 saturated carbocycles. The summed E-state index contributed by atoms with van der Waals surface area (Å²) in [5.74, 6) is 0.294. The summed E-state index contributed by atoms with van der Waals surface area (Å²) < 4.78 is 6.60. The van der Waals surface area contributed by atoms with Crippen LogP contribution in [0.1, 0.15) is 16.7 Å². The van der Waals surface area contributed by atoms with E-state index in [9.17, 15) is 9.59 Å². The lowest BCUT2D eigenvalue weighted by atomic mass is 10.2. The average molecular weight is 584 g/mol. The predicted octanol–water partition coefficient (Wildman–Crippen LogP) is 8.22. The maximum atomic E-state index is 12.8. The highest BCUT2D eigenvalue weighted by Crippen LogP contribution is 2.36. The SMILES string of the molecule is O=C1S/C(=C\c2ccc(OCc3ccc(Cl)cc3)c(Br)c2)C(=O)N1Cc1ccc(Cl)cc1Cl. The standard InChI is InChI=1S/C24H15BrCl3NO3S/c25-19-9-15(3-8-21(19)32-13-14-1-5-17(26)6-2-14)10-22-23(30)29(24(31)33-22)12-16-4-7-18(27)11-20(16)28/h1-11H,12-13H2/b22-10-. The molecule has 0 radical (unpaired) electrons. The highest BCUT2D eigenvalue weighted by Gasteiger charge is 2.35. The van der Waals surface area contributed by atoms with E-state index in [2.05, 4.69) is 15.9 Å². The normalized spacial score (nSPS) is 14.9. The van der Waals surface area contributed by atoms with Crippen LogP contribution < -0.4 is 4.74 Å². The summed E-state index contributed by atoms with van der Waals surface area (Å²) in [7, 11) is 0. The second-order valence-corrected chi connectivity index (χ2v) is 10.2. The highest BCUT2D eigenvalue weighted by atomic mass is 79.9. The Kier molecular flexibility index (Phi) is 7.72. The first kappa shape index (κ1) is 24.2. The van der Waals surface area contributed by atoms with Crippen LogP contribution in [0.3, 0.4) is 0 Å². The van der Waals surface area contributed by atoms with Crippen molar-refractivity contribution in [3.05, 3.63) is 102 Å². The number of carbonyl (C=O) groups excluding carboxylic acids is 2. The number of hydrogen-bond donors (Lipinski definition) is 0. The molecule has 0 aliphatic carbocycles. The van der Waals surface area contributed by atoms with Crippen molar-refractivity contribution in [3.8, 4) is 5.75 Å². The minimum Gasteiger partial charge on any atom is -0.488 e. The molecular formula is C24H15BrCl3NO3S. The first-order valence-corrected chi connectivity index (χ1v) is 12.4. The lowest BCUT2D eigenvalue weighted by Gasteiger charge is -2.13. The molecule has 0 spiro atoms. The number of nitrogens with zero attached hydrogens (tertiary/aromatic N) is 1. The average Bonchev–Trinajstić information content (AvgIpc) is 3.03. The van der Waals surface area contributed by atoms with E-state index in [1.54, 1.807) is 24.3 Å². The Hall–Kier alpha value is -1.96. The van der Waals surface area contributed by atoms with Gasteiger partial charge in [0.25, 0.3) is 11.1 Å². The topological polar surface area (TPSA) is 46.6 Å². The lowest BCUT2D eigenvalue weighted by Crippen LogP contribution is -2.27. The molecule has 1 saturated heterocycles. The Labute approximate surface area is 218 Å². The van der Waals surface area contributed by atoms with Crippen molar-refractivity contribution < 1.29 is 14.3 Å². The van der Waals surface area contributed by atoms with E-state index in [0.29, 0.717) is 37.9 Å². The fourth-order valence-electron chi connectivity index (χ4n) is 3.07. The Morgan fingerprint density at radius 1 is 0.939 bits per heavy atom. The first-order valence-electron chi connectivity index (χ1n) is 9.66. The van der Waals surface area contributed by atoms with Crippen LogP contribution in [0.4, 0.5) is 4.79 Å². The zero-order valence-electron chi connectivity index (χ0n) is 16.9. The van der Waals surface area contributed by atoms with Crippen molar-refractivity contribution in [1.29, 1.82) is 0 Å². The van der Waals surface area contributed by atoms with Gasteiger partial charge in [-0.15, -0.1) is 0 Å². The Morgan fingerprint density at radius 3 is 2.36 bits per heavy atom. The number of rotatable bonds is 6. The lowest BCUT2D eigenvalue weighted by molar-refractivity contribution is -0.123. The fraction of sp³-hybridized carbons (Fsp3) is 0.0833. The van der Waals surface area contributed by atoms with Gasteiger partial charge in [0, 0.05) is 15.1 Å². The van der Waals surface area contributed by atoms with E-state index in [0.717, 1.165) is 27.4 Å². The minimum absolute atomic E-state index is 0.0825. The largest absolute Gasteiger partial charge is 0.488 e. The molecule has 9 heteroatoms. The molecule has 0 bridgehead atoms. The molecule has 0 aromatic heterocycles. The maximum Gasteiger partial charge on any atom is 0.293 e. The number of ether oxygens (including phenoxy) is 1. The van der Waals surface area contributed by atoms with E-state index < -0.39 is 0 Å². The van der Waals surface area contributed by atoms with Gasteiger partial charge >= 0.3 is 0 Å². The Bertz CT molecular complexity index is 1260. The van der Waals surface area contributed by atoms with Gasteiger partial charge in [0.15, 0.2) is 0 Å². The summed E-state index contributed by atoms with van der Waals surface area (Å²) in [5, 5.41) is 1.22. The molecule has 0 N–H and O–H groups in total. The maximum absolute atomic E-state index is 12.8. The van der Waals surface area contributed by atoms with Crippen molar-refractivity contribution in [2.24, 2.45) is 0 Å². The Morgan fingerprint density at radius 2 is 1.67 bits per heavy atom. The molecule has 4 nitrogen and oxygen atoms in total. The van der Waals surface area contributed by atoms with Crippen LogP contribution in [-0.4, -0.2) is 16.0 Å². The fourth-order valence-corrected chi connectivity index (χ4v) is 5.02. The zero-order chi connectivity index (χ0) is 23.5. The van der Waals surface area contributed by atoms with Gasteiger partial charge < -0.3 is 4.74 Å². The third kappa shape index (κ3) is 5.94. The summed E-state index contributed by atoms with van der Waals surface area (Å²) in [6.45, 7) is 0.473. The van der Waals surface area contributed by atoms with E-state index >= 15 is 0 Å². The number of carbonyl (C=O) groups is 2. The van der Waals surface area contributed by atoms with Crippen LogP contribution >= 0.6 is 62.5 Å². The number of hydrogen-bond acceptors (Lipinski definition) is 4. The number of imide groups is 1. The van der Waals surface area contributed by atoms with Gasteiger partial charge in [-0.25, -0.2) is 0 Å². The van der Waals surface area contributed by atoms with Crippen LogP contribution in [0, 0.1) is 0 Å². The molecule has 3 aromatic carbocycles. The van der Waals surface area contributed by atoms with E-state index in [4.69, 9.17) is 39.5 Å². The van der Waals surface area contributed by atoms with Crippen molar-refractivity contribution >= 4 is 79.7 Å². The van der Waals surface area contributed by atoms with Gasteiger partial charge in [-0.05, 0) is 86.9 Å². The molecule has 1 aliphatic rings. The molecule has 3 aromatic rings. The van der Waals surface area contributed by atoms with Crippen molar-refractivity contribution in [1.82, 2.24) is 4.90 Å². The molecule has 168 valence electrons. The van der Waals surface area contributed by atoms with Gasteiger partial charge in [0.2, 0.25) is 0 Å². The van der Waals surface area contributed by atoms with Crippen molar-refractivity contribution in [3.63, 3.8) is 0 Å². The van der Waals surface area contributed by atoms with Crippen LogP contribution in [0.15, 0.2) is 70.0 Å². The summed E-state index contributed by atoms with van der Waals surface area (Å²) in [6, 6.07) is 17.9. The highest BCUT2D eigenvalue weighted by molar-refractivity contribution is 9.10. The zero-order valence-corrected chi connectivity index (χ0v) is 21.5. The van der Waals surface area contributed by atoms with Gasteiger partial charge in [-0.1, -0.05) is 59.1 Å². The number of amides is 2. The first-order chi connectivity index (χ1) is 15.8. The third-order valence-corrected chi connectivity index (χ3v) is 7.14. The molecule has 1 aliphatic heterocycles. The van der Waals surface area contributed by atoms with Crippen molar-refractivity contribution in [2.45, 2.75) is 13.2 Å². The monoisotopic (exact) mass is 581 g/mol. The van der Waals surface area contributed by atoms with Gasteiger partial charge in [-0.3, -0.25) is 14.5 Å². The summed E-state index contributed by atoms with van der Waals surface area (Å²) in [4.78, 5) is 26.8. The molecule has 1 fully saturated rings. The van der Waals surface area contributed by atoms with Crippen LogP contribution in [-0.2, 0) is 17.9 Å². The Balaban J connectivity index is 1.45. The predicted molar refractivity (Wildman–Crippen MR) is 138 cm³/mol. The van der Waals surface area contributed by atoms with Crippen LogP contribution in [0.5, 0.6) is 5.75 Å². The smallest absolute Gasteiger partial charge is 0.293 e. The molecular weight excluding hydrogens is 569 g/mol. The van der Waals surface area contributed by atoms with Crippen LogP contribution in [0.2, 0.25) is 15.1 Å². The summed E-state index contributed by atoms with van der Waals surface area (Å²) in [6.07, 6.45) is 1.68. The summed E-state index contributed by atoms with van der Waals surface area (Å²) >= 11 is 22.4. The van der Waals surface area contributed by atoms with Gasteiger partial charge in [-0.2, -0.15) is 0 Å². The quantitative estimate of drug-likeness (QED) is 0.274. The van der Waals surface area contributed by atoms with Gasteiger partial charge in [0.05, 0.1) is 15.9 Å². The van der Waals surface area contributed by atoms with Crippen LogP contribution in [0.25, 0.3) is 6.08 Å². The van der Waals surface area contributed by atoms with Gasteiger partial charge in [0.1, 0.15) is 12.4 Å². The molecule has 0 unspecified atom stereocenters. The number of benzene rings is 3. The molecule has 4 rings (SSSR count). The van der Waals surface area contributed by atoms with E-state index in [1.165, 1.54) is 4.90 Å². The van der Waals surface area contributed by atoms with Crippen molar-refractivity contribution in [2.75, 3.05) is 0 Å². The van der Waals surface area contributed by atoms with E-state index in [1.807, 2.05) is 42.5 Å². The second-order valence-electron chi connectivity index (χ2n) is 7.11. The molecule has 0 atom stereocenters. The molecule has 2 amide bonds. The van der Waals surface area contributed by atoms with E-state index in [-0.39, 0.29) is 17.7 Å². The third-order valence-electron chi connectivity index (χ3n) is 4.78. The number of halogens is 4. The second kappa shape index (κ2) is 10.5. The minimum atomic E-state index is -0.366. The summed E-state index contributed by atoms with van der Waals surface area (Å²) in [5.41, 5.74) is 2.40. The molecule has 33 heavy (non-hydrogen) atoms. The number of thioether (sulfide) groups is 1. The molecule has 1 heterocycles.